The third-order valence-corrected chi connectivity index (χ3v) is 8.65. The smallest absolute Gasteiger partial charge is 0.243 e. The summed E-state index contributed by atoms with van der Waals surface area (Å²) in [5.41, 5.74) is 0. The SMILES string of the molecule is C1CCC1.CCC(NC(=O)C(C)C)C(=O)N[C@@H](C)C(=O)N[C@@H](C)C(=O)NC(CC)C(=O)N[C@@H](C)C(=O)N[C@@H](C)C(=O)NC(CC)C(=O)N[C@@H](C)C(=O)NC. The maximum Gasteiger partial charge on any atom is 0.243 e. The number of carbonyl (C=O) groups is 9. The summed E-state index contributed by atoms with van der Waals surface area (Å²) in [5, 5.41) is 22.5. The first kappa shape index (κ1) is 49.2. The molecule has 0 aliphatic heterocycles. The molecule has 9 N–H and O–H groups in total. The molecule has 0 aromatic rings. The van der Waals surface area contributed by atoms with Crippen LogP contribution in [-0.2, 0) is 43.2 Å². The van der Waals surface area contributed by atoms with Crippen LogP contribution in [0.2, 0.25) is 0 Å². The van der Waals surface area contributed by atoms with Crippen molar-refractivity contribution in [1.29, 1.82) is 0 Å². The number of nitrogens with one attached hydrogen (secondary N) is 9. The third kappa shape index (κ3) is 17.8. The Kier molecular flexibility index (Phi) is 23.1. The zero-order valence-corrected chi connectivity index (χ0v) is 33.8. The van der Waals surface area contributed by atoms with Gasteiger partial charge in [0.05, 0.1) is 0 Å². The van der Waals surface area contributed by atoms with Gasteiger partial charge in [0, 0.05) is 13.0 Å². The first-order valence-electron chi connectivity index (χ1n) is 18.9. The number of likely N-dealkylation sites (N-methyl/N-ethyl adjacent to an activating group) is 1. The highest BCUT2D eigenvalue weighted by Crippen LogP contribution is 2.15. The molecule has 1 aliphatic carbocycles. The van der Waals surface area contributed by atoms with Crippen molar-refractivity contribution in [3.63, 3.8) is 0 Å². The largest absolute Gasteiger partial charge is 0.357 e. The van der Waals surface area contributed by atoms with Crippen LogP contribution in [0.15, 0.2) is 0 Å². The molecule has 0 spiro atoms. The molecule has 0 aromatic carbocycles. The molecular formula is C36H65N9O9. The highest BCUT2D eigenvalue weighted by molar-refractivity contribution is 5.97. The van der Waals surface area contributed by atoms with Crippen molar-refractivity contribution in [3.05, 3.63) is 0 Å². The van der Waals surface area contributed by atoms with E-state index >= 15 is 0 Å². The molecule has 0 radical (unpaired) electrons. The van der Waals surface area contributed by atoms with Crippen molar-refractivity contribution in [3.8, 4) is 0 Å². The van der Waals surface area contributed by atoms with Crippen molar-refractivity contribution < 1.29 is 43.2 Å². The lowest BCUT2D eigenvalue weighted by molar-refractivity contribution is -0.135. The molecule has 1 aliphatic rings. The molecule has 0 bridgehead atoms. The fraction of sp³-hybridized carbons (Fsp3) is 0.750. The predicted molar refractivity (Wildman–Crippen MR) is 202 cm³/mol. The summed E-state index contributed by atoms with van der Waals surface area (Å²) >= 11 is 0. The van der Waals surface area contributed by atoms with E-state index in [1.165, 1.54) is 67.3 Å². The van der Waals surface area contributed by atoms with E-state index in [1.54, 1.807) is 34.6 Å². The van der Waals surface area contributed by atoms with Gasteiger partial charge in [0.15, 0.2) is 0 Å². The number of carbonyl (C=O) groups excluding carboxylic acids is 9. The highest BCUT2D eigenvalue weighted by atomic mass is 16.2. The third-order valence-electron chi connectivity index (χ3n) is 8.65. The Bertz CT molecular complexity index is 1300. The molecule has 0 aromatic heterocycles. The molecule has 1 rings (SSSR count). The summed E-state index contributed by atoms with van der Waals surface area (Å²) in [7, 11) is 1.42. The summed E-state index contributed by atoms with van der Waals surface area (Å²) in [6.45, 7) is 15.4. The first-order valence-corrected chi connectivity index (χ1v) is 18.9. The zero-order chi connectivity index (χ0) is 41.7. The summed E-state index contributed by atoms with van der Waals surface area (Å²) in [4.78, 5) is 113. The normalized spacial score (nSPS) is 16.2. The van der Waals surface area contributed by atoms with Crippen LogP contribution in [0.3, 0.4) is 0 Å². The number of amides is 9. The van der Waals surface area contributed by atoms with E-state index in [-0.39, 0.29) is 24.7 Å². The minimum Gasteiger partial charge on any atom is -0.357 e. The standard InChI is InChI=1S/C32H57N9O9.C4H8/c1-12-21(39-24(42)15(4)5)30(48)37-17(7)26(44)34-20(10)29(47)41-23(14-3)32(50)38-18(8)27(45)35-19(9)28(46)40-22(13-2)31(49)36-16(6)25(43)33-11;1-2-4-3-1/h15-23H,12-14H2,1-11H3,(H,33,43)(H,34,44)(H,35,45)(H,36,49)(H,37,48)(H,38,50)(H,39,42)(H,40,46)(H,41,47);1-4H2/t16-,17-,18-,19-,20-,21?,22?,23?;/m0./s1. The first-order chi connectivity index (χ1) is 25.2. The van der Waals surface area contributed by atoms with Crippen LogP contribution in [0.1, 0.15) is 114 Å². The van der Waals surface area contributed by atoms with Crippen LogP contribution in [0.25, 0.3) is 0 Å². The fourth-order valence-corrected chi connectivity index (χ4v) is 4.40. The zero-order valence-electron chi connectivity index (χ0n) is 33.8. The number of hydrogen-bond acceptors (Lipinski definition) is 9. The van der Waals surface area contributed by atoms with Gasteiger partial charge < -0.3 is 47.9 Å². The molecule has 3 unspecified atom stereocenters. The Labute approximate surface area is 319 Å². The Balaban J connectivity index is 0.00000653. The molecule has 308 valence electrons. The Morgan fingerprint density at radius 3 is 0.796 bits per heavy atom. The molecule has 18 nitrogen and oxygen atoms in total. The minimum atomic E-state index is -1.12. The summed E-state index contributed by atoms with van der Waals surface area (Å²) in [6.07, 6.45) is 6.65. The van der Waals surface area contributed by atoms with Crippen LogP contribution < -0.4 is 47.9 Å². The van der Waals surface area contributed by atoms with E-state index in [0.29, 0.717) is 6.42 Å². The van der Waals surface area contributed by atoms with Crippen molar-refractivity contribution in [2.75, 3.05) is 7.05 Å². The van der Waals surface area contributed by atoms with Crippen LogP contribution in [0, 0.1) is 5.92 Å². The average molecular weight is 768 g/mol. The van der Waals surface area contributed by atoms with E-state index in [4.69, 9.17) is 0 Å². The molecule has 8 atom stereocenters. The topological polar surface area (TPSA) is 262 Å². The molecule has 1 fully saturated rings. The van der Waals surface area contributed by atoms with E-state index in [1.807, 2.05) is 0 Å². The predicted octanol–water partition coefficient (Wildman–Crippen LogP) is -0.843. The molecule has 1 saturated carbocycles. The second-order valence-electron chi connectivity index (χ2n) is 13.7. The fourth-order valence-electron chi connectivity index (χ4n) is 4.40. The van der Waals surface area contributed by atoms with E-state index in [2.05, 4.69) is 47.9 Å². The van der Waals surface area contributed by atoms with Gasteiger partial charge in [-0.1, -0.05) is 60.3 Å². The van der Waals surface area contributed by atoms with Crippen LogP contribution >= 0.6 is 0 Å². The van der Waals surface area contributed by atoms with Gasteiger partial charge >= 0.3 is 0 Å². The molecule has 0 heterocycles. The van der Waals surface area contributed by atoms with Gasteiger partial charge in [0.1, 0.15) is 48.3 Å². The van der Waals surface area contributed by atoms with Crippen molar-refractivity contribution in [2.45, 2.75) is 163 Å². The lowest BCUT2D eigenvalue weighted by atomic mass is 10.0. The van der Waals surface area contributed by atoms with Crippen LogP contribution in [0.5, 0.6) is 0 Å². The lowest BCUT2D eigenvalue weighted by Gasteiger charge is -2.24. The molecule has 54 heavy (non-hydrogen) atoms. The number of rotatable bonds is 20. The lowest BCUT2D eigenvalue weighted by Crippen LogP contribution is -2.58. The monoisotopic (exact) mass is 767 g/mol. The number of hydrogen-bond donors (Lipinski definition) is 9. The maximum absolute atomic E-state index is 12.9. The molecule has 0 saturated heterocycles. The van der Waals surface area contributed by atoms with E-state index < -0.39 is 95.6 Å². The minimum absolute atomic E-state index is 0.136. The average Bonchev–Trinajstić information content (AvgIpc) is 3.09. The molecule has 18 heteroatoms. The second-order valence-corrected chi connectivity index (χ2v) is 13.7. The Hall–Kier alpha value is -4.77. The Morgan fingerprint density at radius 1 is 0.352 bits per heavy atom. The van der Waals surface area contributed by atoms with Crippen molar-refractivity contribution >= 4 is 53.2 Å². The Morgan fingerprint density at radius 2 is 0.574 bits per heavy atom. The quantitative estimate of drug-likeness (QED) is 0.0747. The molecular weight excluding hydrogens is 702 g/mol. The van der Waals surface area contributed by atoms with E-state index in [0.717, 1.165) is 0 Å². The highest BCUT2D eigenvalue weighted by Gasteiger charge is 2.30. The van der Waals surface area contributed by atoms with Gasteiger partial charge in [0.25, 0.3) is 0 Å². The second kappa shape index (κ2) is 25.3. The van der Waals surface area contributed by atoms with Gasteiger partial charge in [-0.2, -0.15) is 0 Å². The summed E-state index contributed by atoms with van der Waals surface area (Å²) in [5.74, 6) is -5.62. The van der Waals surface area contributed by atoms with Gasteiger partial charge in [-0.3, -0.25) is 43.2 Å². The molecule has 9 amide bonds. The van der Waals surface area contributed by atoms with Gasteiger partial charge in [-0.05, 0) is 53.9 Å². The summed E-state index contributed by atoms with van der Waals surface area (Å²) < 4.78 is 0. The van der Waals surface area contributed by atoms with Crippen LogP contribution in [-0.4, -0.2) is 109 Å². The van der Waals surface area contributed by atoms with Gasteiger partial charge in [0.2, 0.25) is 53.2 Å². The maximum atomic E-state index is 12.9. The van der Waals surface area contributed by atoms with Gasteiger partial charge in [-0.15, -0.1) is 0 Å². The van der Waals surface area contributed by atoms with Gasteiger partial charge in [-0.25, -0.2) is 0 Å². The van der Waals surface area contributed by atoms with Crippen molar-refractivity contribution in [2.24, 2.45) is 5.92 Å². The van der Waals surface area contributed by atoms with E-state index in [9.17, 15) is 43.2 Å². The van der Waals surface area contributed by atoms with Crippen LogP contribution in [0.4, 0.5) is 0 Å². The summed E-state index contributed by atoms with van der Waals surface area (Å²) in [6, 6.07) is -8.07. The van der Waals surface area contributed by atoms with Crippen molar-refractivity contribution in [1.82, 2.24) is 47.9 Å².